The third kappa shape index (κ3) is 7.22. The van der Waals surface area contributed by atoms with E-state index in [0.29, 0.717) is 5.56 Å². The Hall–Kier alpha value is -4.18. The third-order valence-electron chi connectivity index (χ3n) is 8.64. The standard InChI is InChI=1S/C33H42FN7O4/c1-4-40-31(43)25(21-41(32(40)44)23-8-6-5-7-9-23)30(42)38-22-10-11-28(26(34)20-22)45-27-13-15-37-29(35)24(27)12-14-33(2,3)39-18-16-36-17-19-39/h10-11,13,15,20-21,23,31,36,43H,4-9,16-19H2,1-3H3,(H2,35,37)(H,38,42). The van der Waals surface area contributed by atoms with Crippen molar-refractivity contribution in [2.24, 2.45) is 0 Å². The number of urea groups is 1. The van der Waals surface area contributed by atoms with Crippen LogP contribution in [0.5, 0.6) is 11.5 Å². The minimum Gasteiger partial charge on any atom is -0.453 e. The molecule has 11 nitrogen and oxygen atoms in total. The number of amides is 3. The molecule has 2 aromatic rings. The summed E-state index contributed by atoms with van der Waals surface area (Å²) in [4.78, 5) is 35.6. The van der Waals surface area contributed by atoms with E-state index >= 15 is 4.39 Å². The quantitative estimate of drug-likeness (QED) is 0.343. The van der Waals surface area contributed by atoms with Gasteiger partial charge in [-0.3, -0.25) is 19.5 Å². The molecular weight excluding hydrogens is 577 g/mol. The Labute approximate surface area is 263 Å². The number of hydrogen-bond donors (Lipinski definition) is 4. The molecule has 12 heteroatoms. The fourth-order valence-electron chi connectivity index (χ4n) is 5.97. The van der Waals surface area contributed by atoms with Crippen molar-refractivity contribution in [1.29, 1.82) is 0 Å². The zero-order chi connectivity index (χ0) is 32.1. The van der Waals surface area contributed by atoms with Gasteiger partial charge in [0.2, 0.25) is 0 Å². The van der Waals surface area contributed by atoms with Gasteiger partial charge in [-0.1, -0.05) is 31.1 Å². The van der Waals surface area contributed by atoms with Crippen LogP contribution in [-0.2, 0) is 4.79 Å². The van der Waals surface area contributed by atoms with Crippen LogP contribution in [0.3, 0.4) is 0 Å². The maximum atomic E-state index is 15.3. The van der Waals surface area contributed by atoms with Crippen LogP contribution in [0.25, 0.3) is 0 Å². The van der Waals surface area contributed by atoms with Crippen molar-refractivity contribution in [3.05, 3.63) is 53.6 Å². The summed E-state index contributed by atoms with van der Waals surface area (Å²) in [6.07, 6.45) is 6.28. The van der Waals surface area contributed by atoms with Gasteiger partial charge in [-0.25, -0.2) is 14.2 Å². The second-order valence-corrected chi connectivity index (χ2v) is 12.0. The molecule has 2 aliphatic heterocycles. The van der Waals surface area contributed by atoms with Crippen LogP contribution < -0.4 is 21.1 Å². The Kier molecular flexibility index (Phi) is 9.92. The molecule has 2 fully saturated rings. The number of carbonyl (C=O) groups excluding carboxylic acids is 2. The van der Waals surface area contributed by atoms with Crippen molar-refractivity contribution in [2.75, 3.05) is 43.8 Å². The average molecular weight is 620 g/mol. The zero-order valence-corrected chi connectivity index (χ0v) is 26.1. The molecule has 1 aromatic heterocycles. The molecule has 240 valence electrons. The summed E-state index contributed by atoms with van der Waals surface area (Å²) in [6, 6.07) is 5.24. The predicted octanol–water partition coefficient (Wildman–Crippen LogP) is 3.86. The molecule has 1 saturated heterocycles. The first-order valence-corrected chi connectivity index (χ1v) is 15.6. The number of ether oxygens (including phenoxy) is 1. The second kappa shape index (κ2) is 13.9. The molecular formula is C33H42FN7O4. The average Bonchev–Trinajstić information content (AvgIpc) is 3.03. The number of rotatable bonds is 7. The molecule has 0 spiro atoms. The summed E-state index contributed by atoms with van der Waals surface area (Å²) in [5.74, 6) is 5.36. The van der Waals surface area contributed by atoms with Gasteiger partial charge in [0.1, 0.15) is 17.1 Å². The van der Waals surface area contributed by atoms with Crippen LogP contribution in [0.2, 0.25) is 0 Å². The van der Waals surface area contributed by atoms with Crippen LogP contribution in [0.4, 0.5) is 20.7 Å². The van der Waals surface area contributed by atoms with Gasteiger partial charge in [-0.05, 0) is 45.7 Å². The van der Waals surface area contributed by atoms with Crippen molar-refractivity contribution >= 4 is 23.4 Å². The van der Waals surface area contributed by atoms with E-state index in [1.54, 1.807) is 17.9 Å². The number of aromatic nitrogens is 1. The van der Waals surface area contributed by atoms with E-state index in [0.717, 1.165) is 64.3 Å². The lowest BCUT2D eigenvalue weighted by Gasteiger charge is -2.41. The van der Waals surface area contributed by atoms with E-state index in [1.165, 1.54) is 29.4 Å². The Balaban J connectivity index is 1.33. The molecule has 1 aromatic carbocycles. The molecule has 1 saturated carbocycles. The third-order valence-corrected chi connectivity index (χ3v) is 8.64. The van der Waals surface area contributed by atoms with Crippen LogP contribution in [0.1, 0.15) is 58.4 Å². The number of pyridine rings is 1. The van der Waals surface area contributed by atoms with Gasteiger partial charge in [0.15, 0.2) is 17.8 Å². The van der Waals surface area contributed by atoms with Crippen molar-refractivity contribution in [1.82, 2.24) is 25.0 Å². The highest BCUT2D eigenvalue weighted by Crippen LogP contribution is 2.32. The molecule has 0 radical (unpaired) electrons. The van der Waals surface area contributed by atoms with E-state index in [9.17, 15) is 14.7 Å². The minimum absolute atomic E-state index is 0.0157. The van der Waals surface area contributed by atoms with E-state index in [4.69, 9.17) is 10.5 Å². The molecule has 3 heterocycles. The van der Waals surface area contributed by atoms with Gasteiger partial charge >= 0.3 is 6.03 Å². The number of carbonyl (C=O) groups is 2. The normalized spacial score (nSPS) is 19.9. The van der Waals surface area contributed by atoms with E-state index in [2.05, 4.69) is 32.4 Å². The summed E-state index contributed by atoms with van der Waals surface area (Å²) < 4.78 is 21.2. The number of aliphatic hydroxyl groups excluding tert-OH is 1. The first-order valence-electron chi connectivity index (χ1n) is 15.6. The number of nitrogens with two attached hydrogens (primary N) is 1. The van der Waals surface area contributed by atoms with Crippen molar-refractivity contribution in [3.63, 3.8) is 0 Å². The molecule has 45 heavy (non-hydrogen) atoms. The summed E-state index contributed by atoms with van der Waals surface area (Å²) in [7, 11) is 0. The molecule has 5 rings (SSSR count). The van der Waals surface area contributed by atoms with E-state index < -0.39 is 23.5 Å². The van der Waals surface area contributed by atoms with Crippen LogP contribution in [-0.4, -0.2) is 87.3 Å². The lowest BCUT2D eigenvalue weighted by Crippen LogP contribution is -2.55. The lowest BCUT2D eigenvalue weighted by atomic mass is 9.94. The van der Waals surface area contributed by atoms with Crippen LogP contribution >= 0.6 is 0 Å². The highest BCUT2D eigenvalue weighted by atomic mass is 19.1. The largest absolute Gasteiger partial charge is 0.453 e. The van der Waals surface area contributed by atoms with Gasteiger partial charge in [-0.15, -0.1) is 0 Å². The van der Waals surface area contributed by atoms with Gasteiger partial charge in [-0.2, -0.15) is 0 Å². The molecule has 3 amide bonds. The Morgan fingerprint density at radius 2 is 1.93 bits per heavy atom. The molecule has 1 atom stereocenters. The number of halogens is 1. The smallest absolute Gasteiger partial charge is 0.326 e. The Morgan fingerprint density at radius 1 is 1.20 bits per heavy atom. The van der Waals surface area contributed by atoms with E-state index in [1.807, 2.05) is 13.8 Å². The Bertz CT molecular complexity index is 1510. The summed E-state index contributed by atoms with van der Waals surface area (Å²) in [5.41, 5.74) is 6.26. The molecule has 0 bridgehead atoms. The highest BCUT2D eigenvalue weighted by Gasteiger charge is 2.38. The van der Waals surface area contributed by atoms with Crippen molar-refractivity contribution in [3.8, 4) is 23.3 Å². The number of likely N-dealkylation sites (N-methyl/N-ethyl adjacent to an activating group) is 1. The summed E-state index contributed by atoms with van der Waals surface area (Å²) in [6.45, 7) is 9.56. The van der Waals surface area contributed by atoms with Crippen LogP contribution in [0.15, 0.2) is 42.2 Å². The fourth-order valence-corrected chi connectivity index (χ4v) is 5.97. The number of nitrogens with one attached hydrogen (secondary N) is 2. The first-order chi connectivity index (χ1) is 21.6. The predicted molar refractivity (Wildman–Crippen MR) is 170 cm³/mol. The molecule has 3 aliphatic rings. The molecule has 5 N–H and O–H groups in total. The summed E-state index contributed by atoms with van der Waals surface area (Å²) >= 11 is 0. The van der Waals surface area contributed by atoms with Crippen molar-refractivity contribution < 1.29 is 23.8 Å². The lowest BCUT2D eigenvalue weighted by molar-refractivity contribution is -0.115. The number of piperazine rings is 1. The number of hydrogen-bond acceptors (Lipinski definition) is 8. The van der Waals surface area contributed by atoms with E-state index in [-0.39, 0.29) is 47.2 Å². The Morgan fingerprint density at radius 3 is 2.62 bits per heavy atom. The number of benzene rings is 1. The number of nitrogens with zero attached hydrogens (tertiary/aromatic N) is 4. The topological polar surface area (TPSA) is 136 Å². The maximum absolute atomic E-state index is 15.3. The number of nitrogen functional groups attached to an aromatic ring is 1. The highest BCUT2D eigenvalue weighted by molar-refractivity contribution is 6.05. The van der Waals surface area contributed by atoms with Gasteiger partial charge in [0, 0.05) is 69.0 Å². The van der Waals surface area contributed by atoms with Gasteiger partial charge < -0.3 is 26.2 Å². The summed E-state index contributed by atoms with van der Waals surface area (Å²) in [5, 5.41) is 16.9. The SMILES string of the molecule is CCN1C(=O)N(C2CCCCC2)C=C(C(=O)Nc2ccc(Oc3ccnc(N)c3C#CC(C)(C)N3CCNCC3)c(F)c2)C1O. The molecule has 1 unspecified atom stereocenters. The first kappa shape index (κ1) is 32.2. The number of anilines is 2. The van der Waals surface area contributed by atoms with Crippen LogP contribution in [0, 0.1) is 17.7 Å². The zero-order valence-electron chi connectivity index (χ0n) is 26.1. The van der Waals surface area contributed by atoms with Gasteiger partial charge in [0.25, 0.3) is 5.91 Å². The minimum atomic E-state index is -1.41. The fraction of sp³-hybridized carbons (Fsp3) is 0.485. The molecule has 1 aliphatic carbocycles. The van der Waals surface area contributed by atoms with Crippen molar-refractivity contribution in [2.45, 2.75) is 70.7 Å². The van der Waals surface area contributed by atoms with Gasteiger partial charge in [0.05, 0.1) is 11.1 Å². The number of aliphatic hydroxyl groups is 1. The maximum Gasteiger partial charge on any atom is 0.326 e. The monoisotopic (exact) mass is 619 g/mol. The second-order valence-electron chi connectivity index (χ2n) is 12.0.